The Morgan fingerprint density at radius 2 is 2.05 bits per heavy atom. The molecule has 110 valence electrons. The molecule has 21 heavy (non-hydrogen) atoms. The van der Waals surface area contributed by atoms with E-state index in [0.29, 0.717) is 23.5 Å². The third-order valence-corrected chi connectivity index (χ3v) is 3.39. The van der Waals surface area contributed by atoms with E-state index < -0.39 is 5.91 Å². The van der Waals surface area contributed by atoms with E-state index in [9.17, 15) is 9.18 Å². The molecule has 0 bridgehead atoms. The Balaban J connectivity index is 2.04. The highest BCUT2D eigenvalue weighted by molar-refractivity contribution is 6.00. The molecule has 5 heteroatoms. The Kier molecular flexibility index (Phi) is 4.42. The second-order valence-electron chi connectivity index (χ2n) is 4.88. The molecule has 2 aromatic rings. The van der Waals surface area contributed by atoms with Gasteiger partial charge in [-0.15, -0.1) is 0 Å². The number of benzene rings is 2. The van der Waals surface area contributed by atoms with E-state index in [0.717, 1.165) is 17.5 Å². The minimum absolute atomic E-state index is 0.234. The van der Waals surface area contributed by atoms with Crippen LogP contribution in [0.5, 0.6) is 0 Å². The zero-order valence-corrected chi connectivity index (χ0v) is 11.8. The topological polar surface area (TPSA) is 81.1 Å². The van der Waals surface area contributed by atoms with Crippen LogP contribution in [-0.4, -0.2) is 12.5 Å². The number of anilines is 2. The number of hydrogen-bond donors (Lipinski definition) is 3. The van der Waals surface area contributed by atoms with Crippen LogP contribution in [-0.2, 0) is 6.42 Å². The number of primary amides is 1. The average molecular weight is 287 g/mol. The van der Waals surface area contributed by atoms with Gasteiger partial charge in [0, 0.05) is 6.54 Å². The van der Waals surface area contributed by atoms with Crippen LogP contribution in [0.1, 0.15) is 21.5 Å². The van der Waals surface area contributed by atoms with Crippen molar-refractivity contribution in [2.45, 2.75) is 13.3 Å². The number of carbonyl (C=O) groups excluding carboxylic acids is 1. The summed E-state index contributed by atoms with van der Waals surface area (Å²) in [6, 6.07) is 9.84. The molecule has 2 rings (SSSR count). The molecule has 0 fully saturated rings. The summed E-state index contributed by atoms with van der Waals surface area (Å²) in [5.41, 5.74) is 14.5. The number of halogens is 1. The zero-order chi connectivity index (χ0) is 15.4. The summed E-state index contributed by atoms with van der Waals surface area (Å²) in [4.78, 5) is 11.2. The number of nitrogens with two attached hydrogens (primary N) is 2. The Labute approximate surface area is 123 Å². The van der Waals surface area contributed by atoms with Gasteiger partial charge in [-0.25, -0.2) is 4.39 Å². The molecule has 0 aliphatic rings. The van der Waals surface area contributed by atoms with E-state index in [1.807, 2.05) is 6.92 Å². The maximum Gasteiger partial charge on any atom is 0.250 e. The predicted molar refractivity (Wildman–Crippen MR) is 82.7 cm³/mol. The van der Waals surface area contributed by atoms with Gasteiger partial charge in [-0.1, -0.05) is 12.1 Å². The van der Waals surface area contributed by atoms with Gasteiger partial charge >= 0.3 is 0 Å². The van der Waals surface area contributed by atoms with Gasteiger partial charge in [0.15, 0.2) is 0 Å². The minimum Gasteiger partial charge on any atom is -0.396 e. The molecule has 0 saturated carbocycles. The van der Waals surface area contributed by atoms with Gasteiger partial charge in [0.25, 0.3) is 5.91 Å². The highest BCUT2D eigenvalue weighted by atomic mass is 19.1. The largest absolute Gasteiger partial charge is 0.396 e. The fourth-order valence-electron chi connectivity index (χ4n) is 2.21. The molecule has 1 amide bonds. The van der Waals surface area contributed by atoms with Crippen LogP contribution in [0.25, 0.3) is 0 Å². The molecule has 0 unspecified atom stereocenters. The summed E-state index contributed by atoms with van der Waals surface area (Å²) in [5, 5.41) is 3.17. The van der Waals surface area contributed by atoms with Crippen molar-refractivity contribution in [2.75, 3.05) is 17.6 Å². The Hall–Kier alpha value is -2.56. The van der Waals surface area contributed by atoms with Crippen molar-refractivity contribution < 1.29 is 9.18 Å². The highest BCUT2D eigenvalue weighted by Gasteiger charge is 2.09. The number of amides is 1. The second kappa shape index (κ2) is 6.26. The number of nitrogens with one attached hydrogen (secondary N) is 1. The smallest absolute Gasteiger partial charge is 0.250 e. The van der Waals surface area contributed by atoms with Crippen LogP contribution in [0, 0.1) is 12.7 Å². The standard InChI is InChI=1S/C16H18FN3O/c1-10-9-12(17)6-5-11(10)7-8-20-14-4-2-3-13(15(14)18)16(19)21/h2-6,9,20H,7-8,18H2,1H3,(H2,19,21). The summed E-state index contributed by atoms with van der Waals surface area (Å²) in [6.07, 6.45) is 0.729. The third-order valence-electron chi connectivity index (χ3n) is 3.39. The average Bonchev–Trinajstić information content (AvgIpc) is 2.42. The van der Waals surface area contributed by atoms with Gasteiger partial charge in [0.2, 0.25) is 0 Å². The minimum atomic E-state index is -0.550. The monoisotopic (exact) mass is 287 g/mol. The molecule has 0 heterocycles. The number of carbonyl (C=O) groups is 1. The first-order valence-corrected chi connectivity index (χ1v) is 6.66. The Morgan fingerprint density at radius 3 is 2.71 bits per heavy atom. The van der Waals surface area contributed by atoms with E-state index in [2.05, 4.69) is 5.32 Å². The summed E-state index contributed by atoms with van der Waals surface area (Å²) >= 11 is 0. The summed E-state index contributed by atoms with van der Waals surface area (Å²) in [6.45, 7) is 2.50. The van der Waals surface area contributed by atoms with E-state index in [1.54, 1.807) is 24.3 Å². The summed E-state index contributed by atoms with van der Waals surface area (Å²) < 4.78 is 13.0. The van der Waals surface area contributed by atoms with Gasteiger partial charge in [0.1, 0.15) is 5.82 Å². The Bertz CT molecular complexity index is 671. The SMILES string of the molecule is Cc1cc(F)ccc1CCNc1cccc(C(N)=O)c1N. The highest BCUT2D eigenvalue weighted by Crippen LogP contribution is 2.22. The molecule has 0 aliphatic heterocycles. The predicted octanol–water partition coefficient (Wildman–Crippen LogP) is 2.47. The molecule has 0 atom stereocenters. The van der Waals surface area contributed by atoms with Crippen molar-refractivity contribution in [3.63, 3.8) is 0 Å². The van der Waals surface area contributed by atoms with E-state index >= 15 is 0 Å². The van der Waals surface area contributed by atoms with E-state index in [-0.39, 0.29) is 5.82 Å². The van der Waals surface area contributed by atoms with Gasteiger partial charge in [-0.2, -0.15) is 0 Å². The molecule has 0 spiro atoms. The van der Waals surface area contributed by atoms with Crippen LogP contribution in [0.3, 0.4) is 0 Å². The molecular weight excluding hydrogens is 269 g/mol. The van der Waals surface area contributed by atoms with Gasteiger partial charge in [-0.3, -0.25) is 4.79 Å². The van der Waals surface area contributed by atoms with Gasteiger partial charge < -0.3 is 16.8 Å². The first-order valence-electron chi connectivity index (χ1n) is 6.66. The van der Waals surface area contributed by atoms with Crippen molar-refractivity contribution in [3.8, 4) is 0 Å². The zero-order valence-electron chi connectivity index (χ0n) is 11.8. The molecule has 0 saturated heterocycles. The first-order chi connectivity index (χ1) is 9.99. The van der Waals surface area contributed by atoms with Crippen LogP contribution in [0.15, 0.2) is 36.4 Å². The Morgan fingerprint density at radius 1 is 1.29 bits per heavy atom. The second-order valence-corrected chi connectivity index (χ2v) is 4.88. The van der Waals surface area contributed by atoms with Crippen LogP contribution < -0.4 is 16.8 Å². The normalized spacial score (nSPS) is 10.4. The lowest BCUT2D eigenvalue weighted by atomic mass is 10.1. The molecular formula is C16H18FN3O. The lowest BCUT2D eigenvalue weighted by molar-refractivity contribution is 0.100. The molecule has 0 radical (unpaired) electrons. The fourth-order valence-corrected chi connectivity index (χ4v) is 2.21. The van der Waals surface area contributed by atoms with Crippen molar-refractivity contribution in [2.24, 2.45) is 5.73 Å². The molecule has 2 aromatic carbocycles. The van der Waals surface area contributed by atoms with Crippen molar-refractivity contribution in [1.82, 2.24) is 0 Å². The summed E-state index contributed by atoms with van der Waals surface area (Å²) in [5.74, 6) is -0.784. The number of nitrogen functional groups attached to an aromatic ring is 1. The lowest BCUT2D eigenvalue weighted by Crippen LogP contribution is -2.15. The maximum atomic E-state index is 13.0. The van der Waals surface area contributed by atoms with Crippen LogP contribution in [0.4, 0.5) is 15.8 Å². The van der Waals surface area contributed by atoms with E-state index in [4.69, 9.17) is 11.5 Å². The van der Waals surface area contributed by atoms with Crippen LogP contribution >= 0.6 is 0 Å². The van der Waals surface area contributed by atoms with Gasteiger partial charge in [-0.05, 0) is 48.7 Å². The van der Waals surface area contributed by atoms with Crippen LogP contribution in [0.2, 0.25) is 0 Å². The van der Waals surface area contributed by atoms with Crippen molar-refractivity contribution in [1.29, 1.82) is 0 Å². The lowest BCUT2D eigenvalue weighted by Gasteiger charge is -2.12. The quantitative estimate of drug-likeness (QED) is 0.739. The number of aryl methyl sites for hydroxylation is 1. The molecule has 4 nitrogen and oxygen atoms in total. The number of rotatable bonds is 5. The molecule has 0 aromatic heterocycles. The summed E-state index contributed by atoms with van der Waals surface area (Å²) in [7, 11) is 0. The van der Waals surface area contributed by atoms with Gasteiger partial charge in [0.05, 0.1) is 16.9 Å². The van der Waals surface area contributed by atoms with Crippen molar-refractivity contribution in [3.05, 3.63) is 58.9 Å². The fraction of sp³-hybridized carbons (Fsp3) is 0.188. The third kappa shape index (κ3) is 3.51. The number of hydrogen-bond acceptors (Lipinski definition) is 3. The molecule has 5 N–H and O–H groups in total. The number of para-hydroxylation sites is 1. The van der Waals surface area contributed by atoms with Crippen molar-refractivity contribution >= 4 is 17.3 Å². The molecule has 0 aliphatic carbocycles. The van der Waals surface area contributed by atoms with E-state index in [1.165, 1.54) is 12.1 Å². The first kappa shape index (κ1) is 14.8. The maximum absolute atomic E-state index is 13.0.